The zero-order chi connectivity index (χ0) is 13.7. The van der Waals surface area contributed by atoms with E-state index in [0.29, 0.717) is 6.04 Å². The fourth-order valence-corrected chi connectivity index (χ4v) is 4.28. The molecule has 2 nitrogen and oxygen atoms in total. The van der Waals surface area contributed by atoms with Crippen molar-refractivity contribution >= 4 is 11.0 Å². The molecule has 2 atom stereocenters. The molecule has 1 saturated heterocycles. The number of hydrogen-bond donors (Lipinski definition) is 0. The van der Waals surface area contributed by atoms with Crippen LogP contribution >= 0.6 is 0 Å². The predicted octanol–water partition coefficient (Wildman–Crippen LogP) is 4.40. The SMILES string of the molecule is CC(C)C1CCCN2CCc3c(oc4ccccc34)C12. The summed E-state index contributed by atoms with van der Waals surface area (Å²) in [6, 6.07) is 9.06. The molecule has 0 saturated carbocycles. The van der Waals surface area contributed by atoms with Crippen LogP contribution in [0.2, 0.25) is 0 Å². The molecule has 2 aliphatic rings. The van der Waals surface area contributed by atoms with Gasteiger partial charge in [-0.1, -0.05) is 32.0 Å². The monoisotopic (exact) mass is 269 g/mol. The normalized spacial score (nSPS) is 26.8. The number of rotatable bonds is 1. The van der Waals surface area contributed by atoms with Gasteiger partial charge in [-0.05, 0) is 43.7 Å². The van der Waals surface area contributed by atoms with E-state index < -0.39 is 0 Å². The van der Waals surface area contributed by atoms with Crippen LogP contribution in [0.1, 0.15) is 44.1 Å². The summed E-state index contributed by atoms with van der Waals surface area (Å²) >= 11 is 0. The highest BCUT2D eigenvalue weighted by Crippen LogP contribution is 2.46. The van der Waals surface area contributed by atoms with Crippen molar-refractivity contribution in [3.63, 3.8) is 0 Å². The highest BCUT2D eigenvalue weighted by Gasteiger charge is 2.40. The Morgan fingerprint density at radius 2 is 2.05 bits per heavy atom. The van der Waals surface area contributed by atoms with Gasteiger partial charge in [-0.3, -0.25) is 4.90 Å². The number of fused-ring (bicyclic) bond motifs is 5. The van der Waals surface area contributed by atoms with Crippen LogP contribution in [0.5, 0.6) is 0 Å². The molecule has 1 aromatic carbocycles. The van der Waals surface area contributed by atoms with E-state index in [4.69, 9.17) is 4.42 Å². The smallest absolute Gasteiger partial charge is 0.134 e. The molecule has 2 aliphatic heterocycles. The van der Waals surface area contributed by atoms with Crippen LogP contribution in [0.4, 0.5) is 0 Å². The average molecular weight is 269 g/mol. The lowest BCUT2D eigenvalue weighted by Crippen LogP contribution is -2.44. The minimum atomic E-state index is 0.514. The summed E-state index contributed by atoms with van der Waals surface area (Å²) in [6.07, 6.45) is 3.83. The molecule has 0 amide bonds. The lowest BCUT2D eigenvalue weighted by atomic mass is 9.77. The second-order valence-corrected chi connectivity index (χ2v) is 6.72. The van der Waals surface area contributed by atoms with Gasteiger partial charge in [0.05, 0.1) is 6.04 Å². The Morgan fingerprint density at radius 3 is 2.90 bits per heavy atom. The summed E-state index contributed by atoms with van der Waals surface area (Å²) in [7, 11) is 0. The van der Waals surface area contributed by atoms with E-state index in [1.807, 2.05) is 0 Å². The van der Waals surface area contributed by atoms with E-state index in [-0.39, 0.29) is 0 Å². The topological polar surface area (TPSA) is 16.4 Å². The maximum Gasteiger partial charge on any atom is 0.134 e. The maximum absolute atomic E-state index is 6.30. The predicted molar refractivity (Wildman–Crippen MR) is 81.8 cm³/mol. The van der Waals surface area contributed by atoms with E-state index in [1.165, 1.54) is 42.6 Å². The molecular weight excluding hydrogens is 246 g/mol. The molecule has 106 valence electrons. The van der Waals surface area contributed by atoms with E-state index in [0.717, 1.165) is 23.8 Å². The molecule has 0 radical (unpaired) electrons. The molecule has 2 aromatic rings. The Kier molecular flexibility index (Phi) is 2.88. The Labute approximate surface area is 120 Å². The molecule has 0 spiro atoms. The Balaban J connectivity index is 1.86. The van der Waals surface area contributed by atoms with Crippen molar-refractivity contribution in [2.45, 2.75) is 39.2 Å². The van der Waals surface area contributed by atoms with Crippen molar-refractivity contribution in [1.82, 2.24) is 4.90 Å². The van der Waals surface area contributed by atoms with Crippen LogP contribution in [0.15, 0.2) is 28.7 Å². The van der Waals surface area contributed by atoms with Crippen molar-refractivity contribution in [3.05, 3.63) is 35.6 Å². The summed E-state index contributed by atoms with van der Waals surface area (Å²) in [5.41, 5.74) is 2.56. The first-order valence-electron chi connectivity index (χ1n) is 8.00. The number of hydrogen-bond acceptors (Lipinski definition) is 2. The standard InChI is InChI=1S/C18H23NO/c1-12(2)13-7-5-10-19-11-9-15-14-6-3-4-8-16(14)20-18(15)17(13)19/h3-4,6,8,12-13,17H,5,7,9-11H2,1-2H3. The van der Waals surface area contributed by atoms with Crippen molar-refractivity contribution in [1.29, 1.82) is 0 Å². The van der Waals surface area contributed by atoms with Gasteiger partial charge in [-0.2, -0.15) is 0 Å². The van der Waals surface area contributed by atoms with Gasteiger partial charge in [0.25, 0.3) is 0 Å². The van der Waals surface area contributed by atoms with Crippen LogP contribution in [0, 0.1) is 11.8 Å². The first kappa shape index (κ1) is 12.5. The molecule has 2 heteroatoms. The van der Waals surface area contributed by atoms with Gasteiger partial charge >= 0.3 is 0 Å². The molecule has 1 fully saturated rings. The van der Waals surface area contributed by atoms with Crippen molar-refractivity contribution < 1.29 is 4.42 Å². The summed E-state index contributed by atoms with van der Waals surface area (Å²) in [5.74, 6) is 2.74. The third kappa shape index (κ3) is 1.74. The largest absolute Gasteiger partial charge is 0.459 e. The first-order valence-corrected chi connectivity index (χ1v) is 8.00. The zero-order valence-electron chi connectivity index (χ0n) is 12.4. The highest BCUT2D eigenvalue weighted by atomic mass is 16.3. The van der Waals surface area contributed by atoms with Gasteiger partial charge in [0.2, 0.25) is 0 Å². The molecule has 0 aliphatic carbocycles. The Hall–Kier alpha value is -1.28. The summed E-state index contributed by atoms with van der Waals surface area (Å²) < 4.78 is 6.30. The minimum Gasteiger partial charge on any atom is -0.459 e. The van der Waals surface area contributed by atoms with Gasteiger partial charge in [-0.25, -0.2) is 0 Å². The van der Waals surface area contributed by atoms with Crippen LogP contribution in [0.25, 0.3) is 11.0 Å². The van der Waals surface area contributed by atoms with Gasteiger partial charge in [0.1, 0.15) is 11.3 Å². The molecule has 1 aromatic heterocycles. The van der Waals surface area contributed by atoms with Crippen molar-refractivity contribution in [2.75, 3.05) is 13.1 Å². The second kappa shape index (κ2) is 4.63. The first-order chi connectivity index (χ1) is 9.75. The second-order valence-electron chi connectivity index (χ2n) is 6.72. The third-order valence-corrected chi connectivity index (χ3v) is 5.29. The quantitative estimate of drug-likeness (QED) is 0.763. The molecule has 0 N–H and O–H groups in total. The maximum atomic E-state index is 6.30. The number of piperidine rings is 1. The van der Waals surface area contributed by atoms with Gasteiger partial charge in [0, 0.05) is 17.5 Å². The van der Waals surface area contributed by atoms with Gasteiger partial charge in [0.15, 0.2) is 0 Å². The van der Waals surface area contributed by atoms with E-state index in [2.05, 4.69) is 43.0 Å². The summed E-state index contributed by atoms with van der Waals surface area (Å²) in [6.45, 7) is 7.17. The van der Waals surface area contributed by atoms with Crippen molar-refractivity contribution in [2.24, 2.45) is 11.8 Å². The van der Waals surface area contributed by atoms with Crippen LogP contribution in [0.3, 0.4) is 0 Å². The fourth-order valence-electron chi connectivity index (χ4n) is 4.28. The van der Waals surface area contributed by atoms with Crippen LogP contribution in [-0.4, -0.2) is 18.0 Å². The Bertz CT molecular complexity index is 627. The molecule has 4 rings (SSSR count). The molecule has 0 bridgehead atoms. The van der Waals surface area contributed by atoms with Gasteiger partial charge in [-0.15, -0.1) is 0 Å². The molecule has 3 heterocycles. The molecular formula is C18H23NO. The molecule has 20 heavy (non-hydrogen) atoms. The fraction of sp³-hybridized carbons (Fsp3) is 0.556. The van der Waals surface area contributed by atoms with Gasteiger partial charge < -0.3 is 4.42 Å². The van der Waals surface area contributed by atoms with Crippen LogP contribution in [-0.2, 0) is 6.42 Å². The summed E-state index contributed by atoms with van der Waals surface area (Å²) in [4.78, 5) is 2.67. The number of benzene rings is 1. The van der Waals surface area contributed by atoms with Crippen molar-refractivity contribution in [3.8, 4) is 0 Å². The number of nitrogens with zero attached hydrogens (tertiary/aromatic N) is 1. The lowest BCUT2D eigenvalue weighted by Gasteiger charge is -2.44. The summed E-state index contributed by atoms with van der Waals surface area (Å²) in [5, 5.41) is 1.34. The van der Waals surface area contributed by atoms with E-state index in [9.17, 15) is 0 Å². The Morgan fingerprint density at radius 1 is 1.20 bits per heavy atom. The zero-order valence-corrected chi connectivity index (χ0v) is 12.4. The lowest BCUT2D eigenvalue weighted by molar-refractivity contribution is 0.0449. The minimum absolute atomic E-state index is 0.514. The highest BCUT2D eigenvalue weighted by molar-refractivity contribution is 5.82. The van der Waals surface area contributed by atoms with Crippen LogP contribution < -0.4 is 0 Å². The van der Waals surface area contributed by atoms with E-state index in [1.54, 1.807) is 0 Å². The average Bonchev–Trinajstić information content (AvgIpc) is 2.85. The third-order valence-electron chi connectivity index (χ3n) is 5.29. The molecule has 2 unspecified atom stereocenters. The number of furan rings is 1. The van der Waals surface area contributed by atoms with E-state index >= 15 is 0 Å². The number of para-hydroxylation sites is 1.